The van der Waals surface area contributed by atoms with E-state index in [2.05, 4.69) is 5.32 Å². The van der Waals surface area contributed by atoms with Gasteiger partial charge in [-0.1, -0.05) is 0 Å². The van der Waals surface area contributed by atoms with Crippen LogP contribution < -0.4 is 5.32 Å². The second-order valence-corrected chi connectivity index (χ2v) is 8.21. The van der Waals surface area contributed by atoms with E-state index in [1.807, 2.05) is 4.90 Å². The van der Waals surface area contributed by atoms with Gasteiger partial charge in [0.15, 0.2) is 0 Å². The Kier molecular flexibility index (Phi) is 4.88. The number of benzene rings is 1. The van der Waals surface area contributed by atoms with Gasteiger partial charge >= 0.3 is 5.97 Å². The van der Waals surface area contributed by atoms with Crippen molar-refractivity contribution in [3.05, 3.63) is 35.4 Å². The number of carboxylic acid groups (broad SMARTS) is 1. The van der Waals surface area contributed by atoms with E-state index in [1.54, 1.807) is 0 Å². The quantitative estimate of drug-likeness (QED) is 0.729. The van der Waals surface area contributed by atoms with Crippen molar-refractivity contribution in [1.82, 2.24) is 10.2 Å². The van der Waals surface area contributed by atoms with Crippen LogP contribution in [0.3, 0.4) is 0 Å². The van der Waals surface area contributed by atoms with Gasteiger partial charge in [0.1, 0.15) is 11.6 Å². The first-order valence-electron chi connectivity index (χ1n) is 9.62. The highest BCUT2D eigenvalue weighted by Crippen LogP contribution is 2.48. The van der Waals surface area contributed by atoms with Crippen LogP contribution in [-0.4, -0.2) is 47.1 Å². The smallest absolute Gasteiger partial charge is 0.317 e. The maximum Gasteiger partial charge on any atom is 0.317 e. The van der Waals surface area contributed by atoms with Crippen molar-refractivity contribution in [2.24, 2.45) is 11.8 Å². The van der Waals surface area contributed by atoms with Crippen LogP contribution >= 0.6 is 0 Å². The van der Waals surface area contributed by atoms with Crippen molar-refractivity contribution in [1.29, 1.82) is 0 Å². The molecule has 146 valence electrons. The molecule has 0 bridgehead atoms. The molecule has 2 unspecified atom stereocenters. The van der Waals surface area contributed by atoms with Crippen LogP contribution in [0.4, 0.5) is 8.78 Å². The SMILES string of the molecule is O=C(O)CN(CC1CC1)C1CC(NC(=O)C2CC2c2cc(F)ccc2F)C1. The van der Waals surface area contributed by atoms with Gasteiger partial charge in [0, 0.05) is 24.5 Å². The number of nitrogens with one attached hydrogen (secondary N) is 1. The monoisotopic (exact) mass is 378 g/mol. The molecule has 2 N–H and O–H groups in total. The lowest BCUT2D eigenvalue weighted by atomic mass is 9.85. The summed E-state index contributed by atoms with van der Waals surface area (Å²) in [7, 11) is 0. The largest absolute Gasteiger partial charge is 0.480 e. The molecule has 0 heterocycles. The highest BCUT2D eigenvalue weighted by molar-refractivity contribution is 5.83. The topological polar surface area (TPSA) is 69.6 Å². The van der Waals surface area contributed by atoms with E-state index in [-0.39, 0.29) is 41.9 Å². The van der Waals surface area contributed by atoms with Crippen molar-refractivity contribution < 1.29 is 23.5 Å². The van der Waals surface area contributed by atoms with Gasteiger partial charge in [0.05, 0.1) is 6.54 Å². The Labute approximate surface area is 156 Å². The fourth-order valence-corrected chi connectivity index (χ4v) is 4.09. The number of halogens is 2. The van der Waals surface area contributed by atoms with E-state index in [4.69, 9.17) is 5.11 Å². The highest BCUT2D eigenvalue weighted by Gasteiger charge is 2.47. The first-order valence-corrected chi connectivity index (χ1v) is 9.62. The van der Waals surface area contributed by atoms with Crippen molar-refractivity contribution in [3.63, 3.8) is 0 Å². The average Bonchev–Trinajstić information content (AvgIpc) is 3.45. The molecule has 3 saturated carbocycles. The molecule has 0 aliphatic heterocycles. The van der Waals surface area contributed by atoms with Crippen LogP contribution in [0.25, 0.3) is 0 Å². The summed E-state index contributed by atoms with van der Waals surface area (Å²) >= 11 is 0. The Morgan fingerprint density at radius 2 is 1.93 bits per heavy atom. The normalized spacial score (nSPS) is 29.3. The third-order valence-corrected chi connectivity index (χ3v) is 5.99. The molecule has 3 fully saturated rings. The molecule has 27 heavy (non-hydrogen) atoms. The van der Waals surface area contributed by atoms with E-state index < -0.39 is 17.6 Å². The molecule has 5 nitrogen and oxygen atoms in total. The second-order valence-electron chi connectivity index (χ2n) is 8.21. The summed E-state index contributed by atoms with van der Waals surface area (Å²) in [4.78, 5) is 25.5. The van der Waals surface area contributed by atoms with Gasteiger partial charge in [-0.05, 0) is 67.7 Å². The molecule has 4 rings (SSSR count). The maximum atomic E-state index is 13.8. The maximum absolute atomic E-state index is 13.8. The molecular formula is C20H24F2N2O3. The number of hydrogen-bond acceptors (Lipinski definition) is 3. The summed E-state index contributed by atoms with van der Waals surface area (Å²) in [5.41, 5.74) is 0.277. The molecule has 0 saturated heterocycles. The number of carbonyl (C=O) groups is 2. The Morgan fingerprint density at radius 3 is 2.59 bits per heavy atom. The van der Waals surface area contributed by atoms with Gasteiger partial charge in [-0.3, -0.25) is 14.5 Å². The summed E-state index contributed by atoms with van der Waals surface area (Å²) < 4.78 is 27.2. The van der Waals surface area contributed by atoms with E-state index in [1.165, 1.54) is 18.9 Å². The molecule has 0 aromatic heterocycles. The number of aliphatic carboxylic acids is 1. The zero-order valence-electron chi connectivity index (χ0n) is 15.0. The summed E-state index contributed by atoms with van der Waals surface area (Å²) in [5.74, 6) is -1.83. The number of carbonyl (C=O) groups excluding carboxylic acids is 1. The van der Waals surface area contributed by atoms with Crippen LogP contribution in [-0.2, 0) is 9.59 Å². The highest BCUT2D eigenvalue weighted by atomic mass is 19.1. The number of carboxylic acids is 1. The standard InChI is InChI=1S/C20H24F2N2O3/c21-12-3-4-18(22)16(5-12)15-8-17(15)20(27)23-13-6-14(7-13)24(10-19(25)26)9-11-1-2-11/h3-5,11,13-15,17H,1-2,6-10H2,(H,23,27)(H,25,26). The van der Waals surface area contributed by atoms with E-state index in [0.717, 1.165) is 31.5 Å². The van der Waals surface area contributed by atoms with Crippen LogP contribution in [0.2, 0.25) is 0 Å². The summed E-state index contributed by atoms with van der Waals surface area (Å²) in [5, 5.41) is 12.1. The van der Waals surface area contributed by atoms with Crippen molar-refractivity contribution in [2.45, 2.75) is 50.1 Å². The predicted octanol–water partition coefficient (Wildman–Crippen LogP) is 2.51. The lowest BCUT2D eigenvalue weighted by Crippen LogP contribution is -2.55. The van der Waals surface area contributed by atoms with E-state index >= 15 is 0 Å². The minimum Gasteiger partial charge on any atom is -0.480 e. The van der Waals surface area contributed by atoms with Crippen molar-refractivity contribution in [3.8, 4) is 0 Å². The first kappa shape index (κ1) is 18.3. The molecular weight excluding hydrogens is 354 g/mol. The zero-order chi connectivity index (χ0) is 19.1. The Balaban J connectivity index is 1.26. The minimum absolute atomic E-state index is 0.0385. The molecule has 1 amide bonds. The van der Waals surface area contributed by atoms with E-state index in [0.29, 0.717) is 12.3 Å². The van der Waals surface area contributed by atoms with Crippen LogP contribution in [0.15, 0.2) is 18.2 Å². The number of rotatable bonds is 8. The minimum atomic E-state index is -0.818. The molecule has 2 atom stereocenters. The molecule has 1 aromatic carbocycles. The van der Waals surface area contributed by atoms with Gasteiger partial charge in [0.2, 0.25) is 5.91 Å². The number of nitrogens with zero attached hydrogens (tertiary/aromatic N) is 1. The predicted molar refractivity (Wildman–Crippen MR) is 94.1 cm³/mol. The van der Waals surface area contributed by atoms with Gasteiger partial charge in [0.25, 0.3) is 0 Å². The average molecular weight is 378 g/mol. The summed E-state index contributed by atoms with van der Waals surface area (Å²) in [6.45, 7) is 0.868. The van der Waals surface area contributed by atoms with Crippen molar-refractivity contribution >= 4 is 11.9 Å². The fourth-order valence-electron chi connectivity index (χ4n) is 4.09. The lowest BCUT2D eigenvalue weighted by Gasteiger charge is -2.42. The summed E-state index contributed by atoms with van der Waals surface area (Å²) in [6, 6.07) is 3.59. The van der Waals surface area contributed by atoms with Crippen molar-refractivity contribution in [2.75, 3.05) is 13.1 Å². The first-order chi connectivity index (χ1) is 12.9. The molecule has 0 spiro atoms. The van der Waals surface area contributed by atoms with Crippen LogP contribution in [0.5, 0.6) is 0 Å². The Hall–Kier alpha value is -2.02. The Morgan fingerprint density at radius 1 is 1.19 bits per heavy atom. The third-order valence-electron chi connectivity index (χ3n) is 5.99. The zero-order valence-corrected chi connectivity index (χ0v) is 15.0. The van der Waals surface area contributed by atoms with Gasteiger partial charge in [-0.25, -0.2) is 8.78 Å². The second kappa shape index (κ2) is 7.19. The summed E-state index contributed by atoms with van der Waals surface area (Å²) in [6.07, 6.45) is 4.37. The molecule has 0 radical (unpaired) electrons. The van der Waals surface area contributed by atoms with Gasteiger partial charge in [-0.15, -0.1) is 0 Å². The molecule has 1 aromatic rings. The molecule has 7 heteroatoms. The molecule has 3 aliphatic rings. The van der Waals surface area contributed by atoms with E-state index in [9.17, 15) is 18.4 Å². The van der Waals surface area contributed by atoms with Gasteiger partial charge < -0.3 is 10.4 Å². The van der Waals surface area contributed by atoms with Gasteiger partial charge in [-0.2, -0.15) is 0 Å². The number of hydrogen-bond donors (Lipinski definition) is 2. The van der Waals surface area contributed by atoms with Crippen LogP contribution in [0.1, 0.15) is 43.6 Å². The lowest BCUT2D eigenvalue weighted by molar-refractivity contribution is -0.140. The van der Waals surface area contributed by atoms with Crippen LogP contribution in [0, 0.1) is 23.5 Å². The fraction of sp³-hybridized carbons (Fsp3) is 0.600. The Bertz CT molecular complexity index is 747. The third kappa shape index (κ3) is 4.29. The number of amides is 1. The molecule has 3 aliphatic carbocycles.